The fourth-order valence-corrected chi connectivity index (χ4v) is 1.03. The fourth-order valence-electron chi connectivity index (χ4n) is 0.498. The zero-order valence-corrected chi connectivity index (χ0v) is 5.69. The standard InChI is InChI=1S/C6H7N2S/c1-2-3-5-4-9-6(7)8-5/h2-4H,1H2,(H2,7,8). The van der Waals surface area contributed by atoms with Crippen LogP contribution >= 0.6 is 11.3 Å². The molecule has 0 aliphatic carbocycles. The Labute approximate surface area is 58.0 Å². The molecular weight excluding hydrogens is 132 g/mol. The molecule has 0 aliphatic rings. The van der Waals surface area contributed by atoms with Crippen LogP contribution in [-0.2, 0) is 0 Å². The number of thiazole rings is 1. The van der Waals surface area contributed by atoms with E-state index in [1.165, 1.54) is 11.3 Å². The molecule has 9 heavy (non-hydrogen) atoms. The molecule has 1 radical (unpaired) electrons. The van der Waals surface area contributed by atoms with E-state index in [0.29, 0.717) is 5.13 Å². The molecule has 0 aliphatic heterocycles. The largest absolute Gasteiger partial charge is 0.375 e. The molecule has 2 nitrogen and oxygen atoms in total. The normalized spacial score (nSPS) is 10.8. The molecular formula is C6H7N2S. The third kappa shape index (κ3) is 1.54. The zero-order chi connectivity index (χ0) is 6.69. The zero-order valence-electron chi connectivity index (χ0n) is 4.87. The molecule has 0 bridgehead atoms. The highest BCUT2D eigenvalue weighted by atomic mass is 32.1. The summed E-state index contributed by atoms with van der Waals surface area (Å²) in [5.41, 5.74) is 6.24. The van der Waals surface area contributed by atoms with Crippen LogP contribution in [0, 0.1) is 6.92 Å². The molecule has 1 aromatic rings. The van der Waals surface area contributed by atoms with Crippen LogP contribution in [0.5, 0.6) is 0 Å². The lowest BCUT2D eigenvalue weighted by atomic mass is 10.4. The van der Waals surface area contributed by atoms with Crippen LogP contribution in [0.15, 0.2) is 11.5 Å². The van der Waals surface area contributed by atoms with Crippen molar-refractivity contribution in [3.05, 3.63) is 24.1 Å². The molecule has 47 valence electrons. The van der Waals surface area contributed by atoms with Crippen LogP contribution in [0.2, 0.25) is 0 Å². The maximum absolute atomic E-state index is 5.36. The Balaban J connectivity index is 2.85. The van der Waals surface area contributed by atoms with Gasteiger partial charge in [0.25, 0.3) is 0 Å². The molecule has 0 saturated carbocycles. The highest BCUT2D eigenvalue weighted by Gasteiger charge is 1.90. The van der Waals surface area contributed by atoms with Gasteiger partial charge in [-0.15, -0.1) is 11.3 Å². The molecule has 1 aromatic heterocycles. The smallest absolute Gasteiger partial charge is 0.180 e. The third-order valence-electron chi connectivity index (χ3n) is 0.828. The molecule has 0 atom stereocenters. The van der Waals surface area contributed by atoms with Crippen LogP contribution in [0.1, 0.15) is 5.69 Å². The minimum atomic E-state index is 0.600. The average molecular weight is 139 g/mol. The van der Waals surface area contributed by atoms with Crippen molar-refractivity contribution < 1.29 is 0 Å². The second kappa shape index (κ2) is 2.64. The van der Waals surface area contributed by atoms with E-state index in [4.69, 9.17) is 5.73 Å². The average Bonchev–Trinajstić information content (AvgIpc) is 2.17. The molecule has 0 spiro atoms. The summed E-state index contributed by atoms with van der Waals surface area (Å²) in [5.74, 6) is 0. The summed E-state index contributed by atoms with van der Waals surface area (Å²) in [7, 11) is 0. The number of nitrogens with two attached hydrogens (primary N) is 1. The van der Waals surface area contributed by atoms with E-state index in [2.05, 4.69) is 11.9 Å². The fraction of sp³-hybridized carbons (Fsp3) is 0. The van der Waals surface area contributed by atoms with Crippen molar-refractivity contribution in [2.45, 2.75) is 0 Å². The molecule has 0 saturated heterocycles. The van der Waals surface area contributed by atoms with E-state index in [1.54, 1.807) is 6.08 Å². The minimum absolute atomic E-state index is 0.600. The summed E-state index contributed by atoms with van der Waals surface area (Å²) in [6, 6.07) is 0. The van der Waals surface area contributed by atoms with Gasteiger partial charge in [-0.25, -0.2) is 4.98 Å². The summed E-state index contributed by atoms with van der Waals surface area (Å²) in [5, 5.41) is 2.49. The lowest BCUT2D eigenvalue weighted by molar-refractivity contribution is 1.39. The van der Waals surface area contributed by atoms with Crippen LogP contribution < -0.4 is 5.73 Å². The number of anilines is 1. The lowest BCUT2D eigenvalue weighted by Gasteiger charge is -1.76. The maximum atomic E-state index is 5.36. The topological polar surface area (TPSA) is 38.9 Å². The number of allylic oxidation sites excluding steroid dienone is 1. The van der Waals surface area contributed by atoms with Gasteiger partial charge in [-0.3, -0.25) is 0 Å². The second-order valence-corrected chi connectivity index (χ2v) is 2.40. The predicted molar refractivity (Wildman–Crippen MR) is 40.9 cm³/mol. The first-order valence-electron chi connectivity index (χ1n) is 2.49. The Morgan fingerprint density at radius 3 is 3.00 bits per heavy atom. The molecule has 0 aromatic carbocycles. The van der Waals surface area contributed by atoms with E-state index in [0.717, 1.165) is 5.69 Å². The molecule has 1 rings (SSSR count). The number of nitrogen functional groups attached to an aromatic ring is 1. The highest BCUT2D eigenvalue weighted by Crippen LogP contribution is 2.11. The van der Waals surface area contributed by atoms with Crippen LogP contribution in [0.25, 0.3) is 6.08 Å². The van der Waals surface area contributed by atoms with Crippen molar-refractivity contribution in [2.24, 2.45) is 0 Å². The summed E-state index contributed by atoms with van der Waals surface area (Å²) in [6.07, 6.45) is 3.50. The molecule has 3 heteroatoms. The van der Waals surface area contributed by atoms with E-state index in [-0.39, 0.29) is 0 Å². The van der Waals surface area contributed by atoms with E-state index in [1.807, 2.05) is 11.5 Å². The summed E-state index contributed by atoms with van der Waals surface area (Å²) in [4.78, 5) is 3.97. The van der Waals surface area contributed by atoms with Crippen molar-refractivity contribution in [1.29, 1.82) is 0 Å². The predicted octanol–water partition coefficient (Wildman–Crippen LogP) is 1.57. The first kappa shape index (κ1) is 6.29. The van der Waals surface area contributed by atoms with Crippen molar-refractivity contribution in [1.82, 2.24) is 4.98 Å². The van der Waals surface area contributed by atoms with Gasteiger partial charge in [0.1, 0.15) is 0 Å². The summed E-state index contributed by atoms with van der Waals surface area (Å²) < 4.78 is 0. The lowest BCUT2D eigenvalue weighted by Crippen LogP contribution is -1.80. The van der Waals surface area contributed by atoms with Gasteiger partial charge in [-0.05, 0) is 13.0 Å². The van der Waals surface area contributed by atoms with Crippen LogP contribution in [0.3, 0.4) is 0 Å². The summed E-state index contributed by atoms with van der Waals surface area (Å²) >= 11 is 1.43. The minimum Gasteiger partial charge on any atom is -0.375 e. The van der Waals surface area contributed by atoms with E-state index < -0.39 is 0 Å². The Morgan fingerprint density at radius 1 is 1.78 bits per heavy atom. The maximum Gasteiger partial charge on any atom is 0.180 e. The number of hydrogen-bond acceptors (Lipinski definition) is 3. The Morgan fingerprint density at radius 2 is 2.56 bits per heavy atom. The molecule has 2 N–H and O–H groups in total. The van der Waals surface area contributed by atoms with Gasteiger partial charge in [0.05, 0.1) is 5.69 Å². The van der Waals surface area contributed by atoms with Gasteiger partial charge in [0.2, 0.25) is 0 Å². The number of nitrogens with zero attached hydrogens (tertiary/aromatic N) is 1. The van der Waals surface area contributed by atoms with Gasteiger partial charge in [0, 0.05) is 5.38 Å². The van der Waals surface area contributed by atoms with Gasteiger partial charge < -0.3 is 5.73 Å². The van der Waals surface area contributed by atoms with Gasteiger partial charge in [-0.2, -0.15) is 0 Å². The SMILES string of the molecule is [CH2]C=Cc1csc(N)n1. The van der Waals surface area contributed by atoms with Crippen LogP contribution in [0.4, 0.5) is 5.13 Å². The molecule has 0 fully saturated rings. The number of hydrogen-bond donors (Lipinski definition) is 1. The number of rotatable bonds is 1. The van der Waals surface area contributed by atoms with Gasteiger partial charge in [0.15, 0.2) is 5.13 Å². The van der Waals surface area contributed by atoms with Crippen molar-refractivity contribution in [3.63, 3.8) is 0 Å². The molecule has 1 heterocycles. The third-order valence-corrected chi connectivity index (χ3v) is 1.52. The quantitative estimate of drug-likeness (QED) is 0.641. The van der Waals surface area contributed by atoms with Gasteiger partial charge >= 0.3 is 0 Å². The second-order valence-electron chi connectivity index (χ2n) is 1.51. The van der Waals surface area contributed by atoms with Crippen molar-refractivity contribution in [2.75, 3.05) is 5.73 Å². The van der Waals surface area contributed by atoms with Crippen molar-refractivity contribution in [3.8, 4) is 0 Å². The summed E-state index contributed by atoms with van der Waals surface area (Å²) in [6.45, 7) is 3.53. The van der Waals surface area contributed by atoms with Crippen LogP contribution in [-0.4, -0.2) is 4.98 Å². The highest BCUT2D eigenvalue weighted by molar-refractivity contribution is 7.13. The van der Waals surface area contributed by atoms with E-state index >= 15 is 0 Å². The van der Waals surface area contributed by atoms with E-state index in [9.17, 15) is 0 Å². The van der Waals surface area contributed by atoms with Gasteiger partial charge in [-0.1, -0.05) is 6.08 Å². The van der Waals surface area contributed by atoms with Crippen molar-refractivity contribution >= 4 is 22.5 Å². The monoisotopic (exact) mass is 139 g/mol. The molecule has 0 amide bonds. The Kier molecular flexibility index (Phi) is 1.85. The first-order valence-corrected chi connectivity index (χ1v) is 3.37. The molecule has 0 unspecified atom stereocenters. The Hall–Kier alpha value is -0.830. The first-order chi connectivity index (χ1) is 4.33. The number of aromatic nitrogens is 1. The Bertz CT molecular complexity index is 215.